The molecule has 1 heterocycles. The monoisotopic (exact) mass is 261 g/mol. The molecule has 102 valence electrons. The predicted molar refractivity (Wildman–Crippen MR) is 74.6 cm³/mol. The maximum atomic E-state index is 13.9. The van der Waals surface area contributed by atoms with Crippen molar-refractivity contribution < 1.29 is 4.39 Å². The maximum absolute atomic E-state index is 13.9. The van der Waals surface area contributed by atoms with Crippen LogP contribution < -0.4 is 5.73 Å². The molecule has 0 aliphatic heterocycles. The molecule has 0 saturated heterocycles. The Balaban J connectivity index is 2.47. The molecule has 0 bridgehead atoms. The van der Waals surface area contributed by atoms with E-state index in [1.807, 2.05) is 10.7 Å². The van der Waals surface area contributed by atoms with Gasteiger partial charge in [-0.2, -0.15) is 5.10 Å². The van der Waals surface area contributed by atoms with Crippen molar-refractivity contribution in [3.05, 3.63) is 53.1 Å². The molecule has 0 aliphatic rings. The Bertz CT molecular complexity index is 548. The molecule has 0 radical (unpaired) electrons. The zero-order valence-electron chi connectivity index (χ0n) is 11.4. The summed E-state index contributed by atoms with van der Waals surface area (Å²) >= 11 is 0. The van der Waals surface area contributed by atoms with Crippen LogP contribution in [0.5, 0.6) is 0 Å². The number of nitrogens with zero attached hydrogens (tertiary/aromatic N) is 2. The lowest BCUT2D eigenvalue weighted by atomic mass is 10.1. The highest BCUT2D eigenvalue weighted by Gasteiger charge is 2.19. The average molecular weight is 261 g/mol. The topological polar surface area (TPSA) is 43.8 Å². The fourth-order valence-corrected chi connectivity index (χ4v) is 2.30. The summed E-state index contributed by atoms with van der Waals surface area (Å²) in [6.07, 6.45) is 1.73. The molecule has 1 unspecified atom stereocenters. The van der Waals surface area contributed by atoms with Crippen LogP contribution in [0.4, 0.5) is 4.39 Å². The van der Waals surface area contributed by atoms with Gasteiger partial charge in [0.1, 0.15) is 5.82 Å². The highest BCUT2D eigenvalue weighted by Crippen LogP contribution is 2.22. The summed E-state index contributed by atoms with van der Waals surface area (Å²) in [7, 11) is 0. The molecule has 1 atom stereocenters. The highest BCUT2D eigenvalue weighted by molar-refractivity contribution is 5.24. The molecule has 19 heavy (non-hydrogen) atoms. The lowest BCUT2D eigenvalue weighted by molar-refractivity contribution is 0.481. The number of hydrogen-bond acceptors (Lipinski definition) is 2. The van der Waals surface area contributed by atoms with Gasteiger partial charge >= 0.3 is 0 Å². The third kappa shape index (κ3) is 2.68. The Morgan fingerprint density at radius 1 is 1.26 bits per heavy atom. The van der Waals surface area contributed by atoms with Gasteiger partial charge in [0.05, 0.1) is 11.7 Å². The molecular weight excluding hydrogens is 241 g/mol. The van der Waals surface area contributed by atoms with Crippen molar-refractivity contribution in [1.82, 2.24) is 9.78 Å². The van der Waals surface area contributed by atoms with Crippen LogP contribution in [0.1, 0.15) is 36.8 Å². The van der Waals surface area contributed by atoms with E-state index in [1.54, 1.807) is 12.1 Å². The zero-order chi connectivity index (χ0) is 13.8. The fraction of sp³-hybridized carbons (Fsp3) is 0.400. The molecular formula is C15H20FN3. The van der Waals surface area contributed by atoms with Crippen molar-refractivity contribution >= 4 is 0 Å². The molecule has 3 nitrogen and oxygen atoms in total. The van der Waals surface area contributed by atoms with Gasteiger partial charge < -0.3 is 5.73 Å². The predicted octanol–water partition coefficient (Wildman–Crippen LogP) is 2.70. The van der Waals surface area contributed by atoms with Gasteiger partial charge in [-0.05, 0) is 25.0 Å². The molecule has 2 N–H and O–H groups in total. The number of hydrogen-bond donors (Lipinski definition) is 1. The minimum absolute atomic E-state index is 0.228. The molecule has 0 amide bonds. The number of aryl methyl sites for hydroxylation is 2. The molecule has 2 aromatic rings. The molecule has 2 rings (SSSR count). The number of benzene rings is 1. The second kappa shape index (κ2) is 5.97. The van der Waals surface area contributed by atoms with E-state index in [9.17, 15) is 4.39 Å². The van der Waals surface area contributed by atoms with E-state index in [2.05, 4.69) is 25.0 Å². The van der Waals surface area contributed by atoms with Gasteiger partial charge in [-0.15, -0.1) is 0 Å². The molecule has 0 saturated carbocycles. The fourth-order valence-electron chi connectivity index (χ4n) is 2.30. The van der Waals surface area contributed by atoms with Crippen molar-refractivity contribution in [2.45, 2.75) is 32.7 Å². The van der Waals surface area contributed by atoms with E-state index >= 15 is 0 Å². The number of halogens is 1. The maximum Gasteiger partial charge on any atom is 0.128 e. The van der Waals surface area contributed by atoms with Crippen LogP contribution in [0.15, 0.2) is 30.3 Å². The van der Waals surface area contributed by atoms with Crippen molar-refractivity contribution in [1.29, 1.82) is 0 Å². The third-order valence-corrected chi connectivity index (χ3v) is 3.37. The second-order valence-electron chi connectivity index (χ2n) is 4.55. The summed E-state index contributed by atoms with van der Waals surface area (Å²) in [6, 6.07) is 8.60. The zero-order valence-corrected chi connectivity index (χ0v) is 11.4. The molecule has 0 spiro atoms. The molecule has 1 aromatic carbocycles. The van der Waals surface area contributed by atoms with Crippen molar-refractivity contribution in [3.63, 3.8) is 0 Å². The number of nitrogens with two attached hydrogens (primary N) is 1. The highest BCUT2D eigenvalue weighted by atomic mass is 19.1. The normalized spacial score (nSPS) is 12.6. The van der Waals surface area contributed by atoms with E-state index in [4.69, 9.17) is 5.73 Å². The summed E-state index contributed by atoms with van der Waals surface area (Å²) < 4.78 is 15.8. The van der Waals surface area contributed by atoms with E-state index in [0.29, 0.717) is 12.1 Å². The number of rotatable bonds is 5. The van der Waals surface area contributed by atoms with E-state index < -0.39 is 0 Å². The summed E-state index contributed by atoms with van der Waals surface area (Å²) in [5, 5.41) is 4.56. The lowest BCUT2D eigenvalue weighted by Crippen LogP contribution is -2.24. The van der Waals surface area contributed by atoms with Gasteiger partial charge in [-0.1, -0.05) is 32.0 Å². The van der Waals surface area contributed by atoms with Crippen LogP contribution in [0, 0.1) is 5.82 Å². The van der Waals surface area contributed by atoms with Gasteiger partial charge in [-0.25, -0.2) is 4.39 Å². The van der Waals surface area contributed by atoms with Gasteiger partial charge in [0.15, 0.2) is 0 Å². The second-order valence-corrected chi connectivity index (χ2v) is 4.55. The smallest absolute Gasteiger partial charge is 0.128 e. The van der Waals surface area contributed by atoms with Gasteiger partial charge in [-0.3, -0.25) is 4.68 Å². The van der Waals surface area contributed by atoms with Crippen LogP contribution in [0.3, 0.4) is 0 Å². The minimum Gasteiger partial charge on any atom is -0.328 e. The lowest BCUT2D eigenvalue weighted by Gasteiger charge is -2.19. The first-order valence-corrected chi connectivity index (χ1v) is 6.73. The first-order valence-electron chi connectivity index (χ1n) is 6.73. The van der Waals surface area contributed by atoms with Crippen molar-refractivity contribution in [3.8, 4) is 0 Å². The molecule has 1 aromatic heterocycles. The summed E-state index contributed by atoms with van der Waals surface area (Å²) in [5.74, 6) is -0.228. The van der Waals surface area contributed by atoms with Crippen LogP contribution in [-0.2, 0) is 12.8 Å². The van der Waals surface area contributed by atoms with Crippen LogP contribution in [-0.4, -0.2) is 16.3 Å². The Hall–Kier alpha value is -1.68. The van der Waals surface area contributed by atoms with Crippen LogP contribution in [0.2, 0.25) is 0 Å². The Labute approximate surface area is 113 Å². The standard InChI is InChI=1S/C15H20FN3/c1-3-11-9-12(4-2)19(18-11)15(10-17)13-7-5-6-8-14(13)16/h5-9,15H,3-4,10,17H2,1-2H3. The summed E-state index contributed by atoms with van der Waals surface area (Å²) in [5.41, 5.74) is 8.57. The van der Waals surface area contributed by atoms with Gasteiger partial charge in [0.25, 0.3) is 0 Å². The summed E-state index contributed by atoms with van der Waals surface area (Å²) in [6.45, 7) is 4.47. The first kappa shape index (κ1) is 13.7. The molecule has 4 heteroatoms. The Morgan fingerprint density at radius 3 is 2.58 bits per heavy atom. The summed E-state index contributed by atoms with van der Waals surface area (Å²) in [4.78, 5) is 0. The quantitative estimate of drug-likeness (QED) is 0.899. The van der Waals surface area contributed by atoms with Crippen LogP contribution in [0.25, 0.3) is 0 Å². The van der Waals surface area contributed by atoms with Gasteiger partial charge in [0, 0.05) is 17.8 Å². The Kier molecular flexibility index (Phi) is 4.32. The van der Waals surface area contributed by atoms with E-state index in [0.717, 1.165) is 24.2 Å². The van der Waals surface area contributed by atoms with Gasteiger partial charge in [0.2, 0.25) is 0 Å². The SMILES string of the molecule is CCc1cc(CC)n(C(CN)c2ccccc2F)n1. The van der Waals surface area contributed by atoms with Crippen molar-refractivity contribution in [2.24, 2.45) is 5.73 Å². The van der Waals surface area contributed by atoms with Crippen LogP contribution >= 0.6 is 0 Å². The van der Waals surface area contributed by atoms with E-state index in [1.165, 1.54) is 6.07 Å². The van der Waals surface area contributed by atoms with Crippen molar-refractivity contribution in [2.75, 3.05) is 6.54 Å². The Morgan fingerprint density at radius 2 is 2.00 bits per heavy atom. The largest absolute Gasteiger partial charge is 0.328 e. The average Bonchev–Trinajstić information content (AvgIpc) is 2.85. The number of aromatic nitrogens is 2. The minimum atomic E-state index is -0.239. The first-order chi connectivity index (χ1) is 9.21. The molecule has 0 aliphatic carbocycles. The van der Waals surface area contributed by atoms with E-state index in [-0.39, 0.29) is 11.9 Å². The molecule has 0 fully saturated rings. The third-order valence-electron chi connectivity index (χ3n) is 3.37.